The molecule has 2 unspecified atom stereocenters. The van der Waals surface area contributed by atoms with Gasteiger partial charge in [0, 0.05) is 5.92 Å². The van der Waals surface area contributed by atoms with Crippen molar-refractivity contribution in [3.63, 3.8) is 0 Å². The van der Waals surface area contributed by atoms with Crippen LogP contribution in [0.3, 0.4) is 0 Å². The smallest absolute Gasteiger partial charge is 0.00543 e. The van der Waals surface area contributed by atoms with Crippen molar-refractivity contribution >= 4 is 16.3 Å². The van der Waals surface area contributed by atoms with Gasteiger partial charge in [-0.05, 0) is 53.0 Å². The van der Waals surface area contributed by atoms with E-state index in [2.05, 4.69) is 68.5 Å². The fourth-order valence-corrected chi connectivity index (χ4v) is 4.30. The van der Waals surface area contributed by atoms with Crippen LogP contribution in [0.25, 0.3) is 16.3 Å². The highest BCUT2D eigenvalue weighted by Crippen LogP contribution is 2.49. The summed E-state index contributed by atoms with van der Waals surface area (Å²) < 4.78 is 0. The van der Waals surface area contributed by atoms with Crippen molar-refractivity contribution in [1.29, 1.82) is 0 Å². The van der Waals surface area contributed by atoms with Crippen molar-refractivity contribution in [2.24, 2.45) is 17.8 Å². The van der Waals surface area contributed by atoms with E-state index in [0.717, 1.165) is 18.3 Å². The summed E-state index contributed by atoms with van der Waals surface area (Å²) in [5, 5.41) is 2.76. The zero-order chi connectivity index (χ0) is 15.1. The first-order chi connectivity index (χ1) is 10.7. The van der Waals surface area contributed by atoms with Crippen LogP contribution in [0.2, 0.25) is 0 Å². The number of rotatable bonds is 2. The predicted molar refractivity (Wildman–Crippen MR) is 95.7 cm³/mol. The molecule has 0 nitrogen and oxygen atoms in total. The summed E-state index contributed by atoms with van der Waals surface area (Å²) in [5.41, 5.74) is 4.74. The van der Waals surface area contributed by atoms with Gasteiger partial charge in [0.15, 0.2) is 0 Å². The maximum absolute atomic E-state index is 2.49. The molecule has 0 aliphatic heterocycles. The largest absolute Gasteiger partial charge is 0.0809 e. The molecule has 0 N–H and O–H groups in total. The molecule has 4 rings (SSSR count). The highest BCUT2D eigenvalue weighted by atomic mass is 14.4. The Morgan fingerprint density at radius 1 is 0.955 bits per heavy atom. The van der Waals surface area contributed by atoms with Crippen LogP contribution < -0.4 is 0 Å². The molecule has 2 aliphatic carbocycles. The van der Waals surface area contributed by atoms with Crippen LogP contribution in [0.15, 0.2) is 60.2 Å². The molecule has 0 heterocycles. The maximum atomic E-state index is 2.49. The summed E-state index contributed by atoms with van der Waals surface area (Å²) in [6.45, 7) is 4.76. The van der Waals surface area contributed by atoms with Gasteiger partial charge >= 0.3 is 0 Å². The number of hydrogen-bond acceptors (Lipinski definition) is 0. The van der Waals surface area contributed by atoms with E-state index < -0.39 is 0 Å². The minimum atomic E-state index is 0.659. The van der Waals surface area contributed by atoms with E-state index in [0.29, 0.717) is 5.92 Å². The van der Waals surface area contributed by atoms with E-state index in [1.165, 1.54) is 29.2 Å². The average Bonchev–Trinajstić information content (AvgIpc) is 2.99. The summed E-state index contributed by atoms with van der Waals surface area (Å²) in [6.07, 6.45) is 8.71. The van der Waals surface area contributed by atoms with Gasteiger partial charge in [0.05, 0.1) is 0 Å². The highest BCUT2D eigenvalue weighted by molar-refractivity contribution is 5.95. The second kappa shape index (κ2) is 5.43. The quantitative estimate of drug-likeness (QED) is 0.574. The fraction of sp³-hybridized carbons (Fsp3) is 0.364. The van der Waals surface area contributed by atoms with E-state index in [4.69, 9.17) is 0 Å². The van der Waals surface area contributed by atoms with Crippen molar-refractivity contribution in [2.75, 3.05) is 0 Å². The second-order valence-electron chi connectivity index (χ2n) is 7.20. The van der Waals surface area contributed by atoms with E-state index in [1.54, 1.807) is 11.1 Å². The van der Waals surface area contributed by atoms with E-state index in [1.807, 2.05) is 0 Å². The van der Waals surface area contributed by atoms with Crippen molar-refractivity contribution < 1.29 is 0 Å². The topological polar surface area (TPSA) is 0 Å². The summed E-state index contributed by atoms with van der Waals surface area (Å²) in [6, 6.07) is 15.6. The molecule has 0 saturated heterocycles. The van der Waals surface area contributed by atoms with Gasteiger partial charge < -0.3 is 0 Å². The summed E-state index contributed by atoms with van der Waals surface area (Å²) in [5.74, 6) is 2.31. The number of fused-ring (bicyclic) bond motifs is 2. The average molecular weight is 288 g/mol. The molecule has 2 aliphatic rings. The van der Waals surface area contributed by atoms with Gasteiger partial charge in [-0.2, -0.15) is 0 Å². The maximum Gasteiger partial charge on any atom is 0.00543 e. The molecule has 112 valence electrons. The molecule has 2 atom stereocenters. The third kappa shape index (κ3) is 2.22. The Balaban J connectivity index is 1.78. The van der Waals surface area contributed by atoms with Gasteiger partial charge in [-0.3, -0.25) is 0 Å². The Kier molecular flexibility index (Phi) is 3.41. The molecule has 0 bridgehead atoms. The van der Waals surface area contributed by atoms with Crippen LogP contribution in [0, 0.1) is 17.8 Å². The standard InChI is InChI=1S/C22H24/c1-15(2)18-13-17-9-6-12-21(22(17)14-18)20-11-5-8-16-7-3-4-10-19(16)20/h3-5,7-12,15,18,22H,6,13-14H2,1-2H3. The van der Waals surface area contributed by atoms with Crippen molar-refractivity contribution in [3.05, 3.63) is 65.8 Å². The Labute approximate surface area is 133 Å². The summed E-state index contributed by atoms with van der Waals surface area (Å²) in [4.78, 5) is 0. The number of benzene rings is 2. The second-order valence-corrected chi connectivity index (χ2v) is 7.20. The molecule has 0 radical (unpaired) electrons. The minimum Gasteiger partial charge on any atom is -0.0809 e. The third-order valence-electron chi connectivity index (χ3n) is 5.62. The minimum absolute atomic E-state index is 0.659. The predicted octanol–water partition coefficient (Wildman–Crippen LogP) is 6.24. The Hall–Kier alpha value is -1.82. The SMILES string of the molecule is CC(C)C1CC2=CCC=C(c3cccc4ccccc34)C2C1. The van der Waals surface area contributed by atoms with Crippen molar-refractivity contribution in [3.8, 4) is 0 Å². The Morgan fingerprint density at radius 3 is 2.64 bits per heavy atom. The molecular formula is C22H24. The molecule has 0 heteroatoms. The Morgan fingerprint density at radius 2 is 1.77 bits per heavy atom. The number of hydrogen-bond donors (Lipinski definition) is 0. The van der Waals surface area contributed by atoms with E-state index in [9.17, 15) is 0 Å². The lowest BCUT2D eigenvalue weighted by atomic mass is 9.82. The van der Waals surface area contributed by atoms with Gasteiger partial charge in [0.2, 0.25) is 0 Å². The van der Waals surface area contributed by atoms with Crippen molar-refractivity contribution in [1.82, 2.24) is 0 Å². The molecule has 2 aromatic rings. The van der Waals surface area contributed by atoms with Gasteiger partial charge in [0.25, 0.3) is 0 Å². The van der Waals surface area contributed by atoms with Crippen LogP contribution in [0.1, 0.15) is 38.7 Å². The molecule has 0 aromatic heterocycles. The van der Waals surface area contributed by atoms with Gasteiger partial charge in [-0.25, -0.2) is 0 Å². The monoisotopic (exact) mass is 288 g/mol. The summed E-state index contributed by atoms with van der Waals surface area (Å²) >= 11 is 0. The first-order valence-corrected chi connectivity index (χ1v) is 8.61. The van der Waals surface area contributed by atoms with Crippen LogP contribution >= 0.6 is 0 Å². The molecule has 22 heavy (non-hydrogen) atoms. The molecule has 0 spiro atoms. The van der Waals surface area contributed by atoms with Crippen LogP contribution in [0.5, 0.6) is 0 Å². The molecule has 1 saturated carbocycles. The fourth-order valence-electron chi connectivity index (χ4n) is 4.30. The Bertz CT molecular complexity index is 755. The summed E-state index contributed by atoms with van der Waals surface area (Å²) in [7, 11) is 0. The lowest BCUT2D eigenvalue weighted by molar-refractivity contribution is 0.392. The lowest BCUT2D eigenvalue weighted by Crippen LogP contribution is -2.07. The van der Waals surface area contributed by atoms with Crippen molar-refractivity contribution in [2.45, 2.75) is 33.1 Å². The molecule has 2 aromatic carbocycles. The zero-order valence-electron chi connectivity index (χ0n) is 13.5. The molecule has 1 fully saturated rings. The highest BCUT2D eigenvalue weighted by Gasteiger charge is 2.34. The normalized spacial score (nSPS) is 24.3. The first kappa shape index (κ1) is 13.8. The molecule has 0 amide bonds. The van der Waals surface area contributed by atoms with E-state index in [-0.39, 0.29) is 0 Å². The molecular weight excluding hydrogens is 264 g/mol. The van der Waals surface area contributed by atoms with Gasteiger partial charge in [-0.15, -0.1) is 0 Å². The van der Waals surface area contributed by atoms with Gasteiger partial charge in [0.1, 0.15) is 0 Å². The lowest BCUT2D eigenvalue weighted by Gasteiger charge is -2.22. The van der Waals surface area contributed by atoms with Crippen LogP contribution in [-0.4, -0.2) is 0 Å². The number of allylic oxidation sites excluding steroid dienone is 4. The zero-order valence-corrected chi connectivity index (χ0v) is 13.5. The van der Waals surface area contributed by atoms with Crippen LogP contribution in [0.4, 0.5) is 0 Å². The first-order valence-electron chi connectivity index (χ1n) is 8.61. The van der Waals surface area contributed by atoms with E-state index >= 15 is 0 Å². The van der Waals surface area contributed by atoms with Crippen LogP contribution in [-0.2, 0) is 0 Å². The third-order valence-corrected chi connectivity index (χ3v) is 5.62. The van der Waals surface area contributed by atoms with Gasteiger partial charge in [-0.1, -0.05) is 74.0 Å².